The highest BCUT2D eigenvalue weighted by Gasteiger charge is 2.20. The lowest BCUT2D eigenvalue weighted by atomic mass is 9.86. The Labute approximate surface area is 195 Å². The summed E-state index contributed by atoms with van der Waals surface area (Å²) in [6.07, 6.45) is 8.23. The summed E-state index contributed by atoms with van der Waals surface area (Å²) in [7, 11) is 0. The van der Waals surface area contributed by atoms with Crippen molar-refractivity contribution < 1.29 is 9.90 Å². The second kappa shape index (κ2) is 12.6. The minimum Gasteiger partial charge on any atom is -0.504 e. The van der Waals surface area contributed by atoms with Gasteiger partial charge in [-0.1, -0.05) is 103 Å². The molecule has 3 unspecified atom stereocenters. The Morgan fingerprint density at radius 1 is 0.812 bits per heavy atom. The third-order valence-corrected chi connectivity index (χ3v) is 6.64. The first kappa shape index (κ1) is 25.9. The summed E-state index contributed by atoms with van der Waals surface area (Å²) in [6, 6.07) is 14.3. The normalized spacial score (nSPS) is 14.8. The number of carbonyl (C=O) groups is 1. The zero-order valence-corrected chi connectivity index (χ0v) is 20.9. The molecule has 0 saturated heterocycles. The third-order valence-electron chi connectivity index (χ3n) is 6.64. The van der Waals surface area contributed by atoms with Crippen LogP contribution >= 0.6 is 0 Å². The van der Waals surface area contributed by atoms with Crippen LogP contribution in [-0.4, -0.2) is 10.9 Å². The maximum atomic E-state index is 13.3. The van der Waals surface area contributed by atoms with Crippen LogP contribution < -0.4 is 0 Å². The molecule has 2 rings (SSSR count). The number of carbonyl (C=O) groups excluding carboxylic acids is 1. The van der Waals surface area contributed by atoms with Gasteiger partial charge in [-0.3, -0.25) is 4.79 Å². The molecule has 0 radical (unpaired) electrons. The Kier molecular flexibility index (Phi) is 10.2. The van der Waals surface area contributed by atoms with Crippen LogP contribution in [-0.2, 0) is 0 Å². The summed E-state index contributed by atoms with van der Waals surface area (Å²) in [5, 5.41) is 10.9. The number of aliphatic hydroxyl groups is 1. The standard InChI is InChI=1S/C30H42O2/c1-7-12-21(4)24-17-18-26(22(5)13-8-2)25(19-24)20-29(31)30(32)28-16-11-10-15-27(28)23(6)14-9-3/h10-11,15-23,31H,7-9,12-14H2,1-6H3/b29-20-. The van der Waals surface area contributed by atoms with Gasteiger partial charge in [0, 0.05) is 5.56 Å². The van der Waals surface area contributed by atoms with Crippen molar-refractivity contribution in [2.24, 2.45) is 0 Å². The highest BCUT2D eigenvalue weighted by molar-refractivity contribution is 6.10. The molecule has 0 amide bonds. The fourth-order valence-corrected chi connectivity index (χ4v) is 4.73. The van der Waals surface area contributed by atoms with Gasteiger partial charge in [-0.15, -0.1) is 0 Å². The number of allylic oxidation sites excluding steroid dienone is 1. The van der Waals surface area contributed by atoms with Crippen LogP contribution in [0.3, 0.4) is 0 Å². The predicted molar refractivity (Wildman–Crippen MR) is 138 cm³/mol. The van der Waals surface area contributed by atoms with E-state index in [0.29, 0.717) is 17.4 Å². The van der Waals surface area contributed by atoms with Crippen LogP contribution in [0.25, 0.3) is 6.08 Å². The van der Waals surface area contributed by atoms with Crippen molar-refractivity contribution in [2.75, 3.05) is 0 Å². The molecule has 1 N–H and O–H groups in total. The van der Waals surface area contributed by atoms with Gasteiger partial charge in [-0.25, -0.2) is 0 Å². The summed E-state index contributed by atoms with van der Waals surface area (Å²) in [5.41, 5.74) is 5.07. The maximum absolute atomic E-state index is 13.3. The second-order valence-electron chi connectivity index (χ2n) is 9.40. The lowest BCUT2D eigenvalue weighted by molar-refractivity contribution is 0.0979. The number of hydrogen-bond acceptors (Lipinski definition) is 2. The van der Waals surface area contributed by atoms with E-state index in [-0.39, 0.29) is 17.5 Å². The van der Waals surface area contributed by atoms with E-state index in [9.17, 15) is 9.90 Å². The zero-order chi connectivity index (χ0) is 23.7. The Morgan fingerprint density at radius 3 is 2.00 bits per heavy atom. The largest absolute Gasteiger partial charge is 0.504 e. The monoisotopic (exact) mass is 434 g/mol. The van der Waals surface area contributed by atoms with Gasteiger partial charge in [0.25, 0.3) is 0 Å². The van der Waals surface area contributed by atoms with Crippen molar-refractivity contribution in [3.8, 4) is 0 Å². The maximum Gasteiger partial charge on any atom is 0.227 e. The van der Waals surface area contributed by atoms with Crippen molar-refractivity contribution in [3.63, 3.8) is 0 Å². The summed E-state index contributed by atoms with van der Waals surface area (Å²) in [4.78, 5) is 13.3. The van der Waals surface area contributed by atoms with E-state index in [0.717, 1.165) is 49.7 Å². The molecule has 2 aromatic rings. The molecular weight excluding hydrogens is 392 g/mol. The number of Topliss-reactive ketones (excluding diaryl/α,β-unsaturated/α-hetero) is 1. The van der Waals surface area contributed by atoms with Gasteiger partial charge in [0.05, 0.1) is 0 Å². The van der Waals surface area contributed by atoms with E-state index in [2.05, 4.69) is 59.7 Å². The van der Waals surface area contributed by atoms with Crippen LogP contribution in [0.1, 0.15) is 130 Å². The van der Waals surface area contributed by atoms with E-state index in [1.807, 2.05) is 24.3 Å². The highest BCUT2D eigenvalue weighted by Crippen LogP contribution is 2.31. The van der Waals surface area contributed by atoms with Crippen LogP contribution in [0, 0.1) is 0 Å². The molecule has 2 heteroatoms. The molecule has 0 aliphatic carbocycles. The van der Waals surface area contributed by atoms with Gasteiger partial charge in [-0.05, 0) is 65.3 Å². The van der Waals surface area contributed by atoms with Gasteiger partial charge in [0.1, 0.15) is 0 Å². The predicted octanol–water partition coefficient (Wildman–Crippen LogP) is 9.18. The first-order valence-electron chi connectivity index (χ1n) is 12.5. The first-order valence-corrected chi connectivity index (χ1v) is 12.5. The second-order valence-corrected chi connectivity index (χ2v) is 9.40. The van der Waals surface area contributed by atoms with Crippen LogP contribution in [0.5, 0.6) is 0 Å². The van der Waals surface area contributed by atoms with Crippen molar-refractivity contribution >= 4 is 11.9 Å². The van der Waals surface area contributed by atoms with Crippen LogP contribution in [0.2, 0.25) is 0 Å². The smallest absolute Gasteiger partial charge is 0.227 e. The molecule has 3 atom stereocenters. The lowest BCUT2D eigenvalue weighted by Gasteiger charge is -2.19. The number of rotatable bonds is 12. The summed E-state index contributed by atoms with van der Waals surface area (Å²) < 4.78 is 0. The fraction of sp³-hybridized carbons (Fsp3) is 0.500. The lowest BCUT2D eigenvalue weighted by Crippen LogP contribution is -2.09. The fourth-order valence-electron chi connectivity index (χ4n) is 4.73. The Balaban J connectivity index is 2.49. The van der Waals surface area contributed by atoms with Crippen molar-refractivity contribution in [1.82, 2.24) is 0 Å². The molecule has 2 nitrogen and oxygen atoms in total. The van der Waals surface area contributed by atoms with Crippen LogP contribution in [0.15, 0.2) is 48.2 Å². The van der Waals surface area contributed by atoms with Gasteiger partial charge < -0.3 is 5.11 Å². The molecular formula is C30H42O2. The molecule has 0 aliphatic rings. The van der Waals surface area contributed by atoms with Gasteiger partial charge in [0.15, 0.2) is 5.76 Å². The molecule has 0 heterocycles. The quantitative estimate of drug-likeness (QED) is 0.205. The zero-order valence-electron chi connectivity index (χ0n) is 20.9. The molecule has 32 heavy (non-hydrogen) atoms. The van der Waals surface area contributed by atoms with Gasteiger partial charge in [0.2, 0.25) is 5.78 Å². The number of benzene rings is 2. The van der Waals surface area contributed by atoms with E-state index in [1.165, 1.54) is 11.1 Å². The Hall–Kier alpha value is -2.35. The molecule has 174 valence electrons. The van der Waals surface area contributed by atoms with Crippen molar-refractivity contribution in [1.29, 1.82) is 0 Å². The van der Waals surface area contributed by atoms with E-state index >= 15 is 0 Å². The number of ketones is 1. The molecule has 0 fully saturated rings. The number of aliphatic hydroxyl groups excluding tert-OH is 1. The van der Waals surface area contributed by atoms with E-state index < -0.39 is 0 Å². The molecule has 0 aromatic heterocycles. The van der Waals surface area contributed by atoms with Crippen molar-refractivity contribution in [3.05, 3.63) is 76.0 Å². The van der Waals surface area contributed by atoms with Crippen LogP contribution in [0.4, 0.5) is 0 Å². The van der Waals surface area contributed by atoms with Crippen molar-refractivity contribution in [2.45, 2.75) is 97.8 Å². The molecule has 0 aliphatic heterocycles. The Morgan fingerprint density at radius 2 is 1.38 bits per heavy atom. The van der Waals surface area contributed by atoms with Gasteiger partial charge >= 0.3 is 0 Å². The summed E-state index contributed by atoms with van der Waals surface area (Å²) in [5.74, 6) is 0.653. The topological polar surface area (TPSA) is 37.3 Å². The molecule has 0 saturated carbocycles. The van der Waals surface area contributed by atoms with E-state index in [4.69, 9.17) is 0 Å². The number of hydrogen-bond donors (Lipinski definition) is 1. The SMILES string of the molecule is CCCC(C)c1ccc(C(C)CCC)c(/C=C(\O)C(=O)c2ccccc2C(C)CCC)c1. The minimum absolute atomic E-state index is 0.175. The van der Waals surface area contributed by atoms with E-state index in [1.54, 1.807) is 6.08 Å². The van der Waals surface area contributed by atoms with Gasteiger partial charge in [-0.2, -0.15) is 0 Å². The minimum atomic E-state index is -0.287. The third kappa shape index (κ3) is 6.58. The average Bonchev–Trinajstić information content (AvgIpc) is 2.79. The first-order chi connectivity index (χ1) is 15.3. The highest BCUT2D eigenvalue weighted by atomic mass is 16.3. The summed E-state index contributed by atoms with van der Waals surface area (Å²) in [6.45, 7) is 13.2. The molecule has 2 aromatic carbocycles. The Bertz CT molecular complexity index is 909. The molecule has 0 bridgehead atoms. The summed E-state index contributed by atoms with van der Waals surface area (Å²) >= 11 is 0. The molecule has 0 spiro atoms. The average molecular weight is 435 g/mol.